The van der Waals surface area contributed by atoms with E-state index in [-0.39, 0.29) is 17.1 Å². The third-order valence-electron chi connectivity index (χ3n) is 2.65. The standard InChI is InChI=1S/C15H14N2O3S/c16-8-2-3-10-6-7-11(21-10)9-17-15(20)14-12(18)4-1-5-13(14)19/h1,4-7,18-19H,8-9,16H2,(H,17,20). The molecule has 1 heterocycles. The molecular weight excluding hydrogens is 288 g/mol. The van der Waals surface area contributed by atoms with Crippen molar-refractivity contribution in [3.63, 3.8) is 0 Å². The van der Waals surface area contributed by atoms with E-state index in [0.29, 0.717) is 13.1 Å². The molecule has 0 aliphatic rings. The fourth-order valence-electron chi connectivity index (χ4n) is 1.69. The van der Waals surface area contributed by atoms with Gasteiger partial charge in [-0.25, -0.2) is 0 Å². The van der Waals surface area contributed by atoms with Gasteiger partial charge in [0.2, 0.25) is 0 Å². The maximum atomic E-state index is 12.0. The summed E-state index contributed by atoms with van der Waals surface area (Å²) in [6.45, 7) is 0.595. The van der Waals surface area contributed by atoms with Gasteiger partial charge in [-0.15, -0.1) is 11.3 Å². The highest BCUT2D eigenvalue weighted by Crippen LogP contribution is 2.26. The molecule has 0 unspecified atom stereocenters. The molecule has 0 saturated heterocycles. The van der Waals surface area contributed by atoms with E-state index in [1.54, 1.807) is 0 Å². The number of benzene rings is 1. The lowest BCUT2D eigenvalue weighted by Crippen LogP contribution is -2.22. The molecule has 0 spiro atoms. The quantitative estimate of drug-likeness (QED) is 0.644. The SMILES string of the molecule is NCC#Cc1ccc(CNC(=O)c2c(O)cccc2O)s1. The monoisotopic (exact) mass is 302 g/mol. The maximum absolute atomic E-state index is 12.0. The number of aromatic hydroxyl groups is 2. The minimum absolute atomic E-state index is 0.128. The van der Waals surface area contributed by atoms with E-state index in [0.717, 1.165) is 9.75 Å². The van der Waals surface area contributed by atoms with Gasteiger partial charge in [-0.05, 0) is 24.3 Å². The summed E-state index contributed by atoms with van der Waals surface area (Å²) in [5.41, 5.74) is 5.17. The number of hydrogen-bond donors (Lipinski definition) is 4. The van der Waals surface area contributed by atoms with Crippen LogP contribution < -0.4 is 11.1 Å². The Balaban J connectivity index is 2.03. The van der Waals surface area contributed by atoms with Crippen LogP contribution in [0.2, 0.25) is 0 Å². The average Bonchev–Trinajstić information content (AvgIpc) is 2.90. The van der Waals surface area contributed by atoms with Gasteiger partial charge in [0.1, 0.15) is 17.1 Å². The molecule has 0 aliphatic heterocycles. The molecule has 1 amide bonds. The minimum Gasteiger partial charge on any atom is -0.507 e. The summed E-state index contributed by atoms with van der Waals surface area (Å²) in [7, 11) is 0. The number of phenols is 2. The highest BCUT2D eigenvalue weighted by molar-refractivity contribution is 7.12. The maximum Gasteiger partial charge on any atom is 0.259 e. The van der Waals surface area contributed by atoms with Gasteiger partial charge in [0.15, 0.2) is 0 Å². The summed E-state index contributed by atoms with van der Waals surface area (Å²) < 4.78 is 0. The zero-order valence-corrected chi connectivity index (χ0v) is 11.9. The van der Waals surface area contributed by atoms with Gasteiger partial charge in [0, 0.05) is 4.88 Å². The molecule has 1 aromatic heterocycles. The van der Waals surface area contributed by atoms with Crippen LogP contribution in [-0.4, -0.2) is 22.7 Å². The second-order valence-corrected chi connectivity index (χ2v) is 5.29. The minimum atomic E-state index is -0.534. The van der Waals surface area contributed by atoms with Crippen LogP contribution in [0, 0.1) is 11.8 Å². The van der Waals surface area contributed by atoms with Crippen LogP contribution in [0.1, 0.15) is 20.1 Å². The molecule has 0 fully saturated rings. The van der Waals surface area contributed by atoms with E-state index in [4.69, 9.17) is 5.73 Å². The van der Waals surface area contributed by atoms with Gasteiger partial charge >= 0.3 is 0 Å². The van der Waals surface area contributed by atoms with Crippen LogP contribution in [0.5, 0.6) is 11.5 Å². The molecule has 0 saturated carbocycles. The van der Waals surface area contributed by atoms with Crippen molar-refractivity contribution < 1.29 is 15.0 Å². The number of nitrogens with one attached hydrogen (secondary N) is 1. The number of carbonyl (C=O) groups excluding carboxylic acids is 1. The van der Waals surface area contributed by atoms with E-state index in [2.05, 4.69) is 17.2 Å². The molecule has 0 atom stereocenters. The van der Waals surface area contributed by atoms with Crippen molar-refractivity contribution in [2.75, 3.05) is 6.54 Å². The van der Waals surface area contributed by atoms with E-state index < -0.39 is 5.91 Å². The number of amides is 1. The molecule has 5 nitrogen and oxygen atoms in total. The zero-order chi connectivity index (χ0) is 15.2. The zero-order valence-electron chi connectivity index (χ0n) is 11.1. The average molecular weight is 302 g/mol. The highest BCUT2D eigenvalue weighted by Gasteiger charge is 2.15. The topological polar surface area (TPSA) is 95.6 Å². The second kappa shape index (κ2) is 6.79. The largest absolute Gasteiger partial charge is 0.507 e. The number of carbonyl (C=O) groups is 1. The van der Waals surface area contributed by atoms with E-state index in [9.17, 15) is 15.0 Å². The van der Waals surface area contributed by atoms with E-state index in [1.807, 2.05) is 12.1 Å². The fourth-order valence-corrected chi connectivity index (χ4v) is 2.52. The van der Waals surface area contributed by atoms with Crippen LogP contribution >= 0.6 is 11.3 Å². The van der Waals surface area contributed by atoms with Gasteiger partial charge in [-0.3, -0.25) is 4.79 Å². The fraction of sp³-hybridized carbons (Fsp3) is 0.133. The normalized spacial score (nSPS) is 9.76. The van der Waals surface area contributed by atoms with Gasteiger partial charge < -0.3 is 21.3 Å². The predicted molar refractivity (Wildman–Crippen MR) is 81.2 cm³/mol. The summed E-state index contributed by atoms with van der Waals surface area (Å²) in [5.74, 6) is 4.63. The summed E-state index contributed by atoms with van der Waals surface area (Å²) in [5, 5.41) is 21.9. The molecule has 108 valence electrons. The number of nitrogens with two attached hydrogens (primary N) is 1. The molecule has 1 aromatic carbocycles. The molecule has 21 heavy (non-hydrogen) atoms. The smallest absolute Gasteiger partial charge is 0.259 e. The number of phenolic OH excluding ortho intramolecular Hbond substituents is 2. The van der Waals surface area contributed by atoms with Crippen LogP contribution in [0.25, 0.3) is 0 Å². The summed E-state index contributed by atoms with van der Waals surface area (Å²) >= 11 is 1.45. The van der Waals surface area contributed by atoms with Gasteiger partial charge in [-0.2, -0.15) is 0 Å². The summed E-state index contributed by atoms with van der Waals surface area (Å²) in [6, 6.07) is 7.87. The van der Waals surface area contributed by atoms with Crippen molar-refractivity contribution >= 4 is 17.2 Å². The molecule has 0 radical (unpaired) electrons. The van der Waals surface area contributed by atoms with Crippen molar-refractivity contribution in [3.8, 4) is 23.3 Å². The third kappa shape index (κ3) is 3.75. The Morgan fingerprint density at radius 1 is 1.24 bits per heavy atom. The van der Waals surface area contributed by atoms with Gasteiger partial charge in [0.05, 0.1) is 18.0 Å². The summed E-state index contributed by atoms with van der Waals surface area (Å²) in [6.07, 6.45) is 0. The molecule has 5 N–H and O–H groups in total. The van der Waals surface area contributed by atoms with Gasteiger partial charge in [0.25, 0.3) is 5.91 Å². The first-order valence-electron chi connectivity index (χ1n) is 6.18. The lowest BCUT2D eigenvalue weighted by Gasteiger charge is -2.07. The van der Waals surface area contributed by atoms with E-state index >= 15 is 0 Å². The third-order valence-corrected chi connectivity index (χ3v) is 3.65. The van der Waals surface area contributed by atoms with Crippen LogP contribution in [-0.2, 0) is 6.54 Å². The first-order valence-corrected chi connectivity index (χ1v) is 7.00. The van der Waals surface area contributed by atoms with Crippen LogP contribution in [0.3, 0.4) is 0 Å². The predicted octanol–water partition coefficient (Wildman–Crippen LogP) is 1.40. The highest BCUT2D eigenvalue weighted by atomic mass is 32.1. The number of hydrogen-bond acceptors (Lipinski definition) is 5. The number of rotatable bonds is 3. The lowest BCUT2D eigenvalue weighted by atomic mass is 10.1. The first-order chi connectivity index (χ1) is 10.1. The first kappa shape index (κ1) is 14.9. The Bertz CT molecular complexity index is 693. The Kier molecular flexibility index (Phi) is 4.82. The Hall–Kier alpha value is -2.49. The lowest BCUT2D eigenvalue weighted by molar-refractivity contribution is 0.0946. The van der Waals surface area contributed by atoms with Crippen LogP contribution in [0.4, 0.5) is 0 Å². The second-order valence-electron chi connectivity index (χ2n) is 4.13. The van der Waals surface area contributed by atoms with Crippen molar-refractivity contribution in [3.05, 3.63) is 45.6 Å². The van der Waals surface area contributed by atoms with Crippen molar-refractivity contribution in [1.29, 1.82) is 0 Å². The van der Waals surface area contributed by atoms with Crippen LogP contribution in [0.15, 0.2) is 30.3 Å². The molecule has 0 bridgehead atoms. The molecular formula is C15H14N2O3S. The van der Waals surface area contributed by atoms with Crippen molar-refractivity contribution in [1.82, 2.24) is 5.32 Å². The summed E-state index contributed by atoms with van der Waals surface area (Å²) in [4.78, 5) is 13.8. The molecule has 0 aliphatic carbocycles. The van der Waals surface area contributed by atoms with Crippen molar-refractivity contribution in [2.24, 2.45) is 5.73 Å². The van der Waals surface area contributed by atoms with E-state index in [1.165, 1.54) is 29.5 Å². The molecule has 6 heteroatoms. The van der Waals surface area contributed by atoms with Crippen molar-refractivity contribution in [2.45, 2.75) is 6.54 Å². The molecule has 2 rings (SSSR count). The Morgan fingerprint density at radius 3 is 2.62 bits per heavy atom. The Labute approximate surface area is 126 Å². The Morgan fingerprint density at radius 2 is 1.95 bits per heavy atom. The number of thiophene rings is 1. The van der Waals surface area contributed by atoms with Gasteiger partial charge in [-0.1, -0.05) is 17.9 Å². The molecule has 2 aromatic rings.